The quantitative estimate of drug-likeness (QED) is 0.813. The summed E-state index contributed by atoms with van der Waals surface area (Å²) in [5.74, 6) is 0.220. The highest BCUT2D eigenvalue weighted by Crippen LogP contribution is 2.28. The Morgan fingerprint density at radius 1 is 1.11 bits per heavy atom. The number of hydrogen-bond donors (Lipinski definition) is 1. The van der Waals surface area contributed by atoms with Gasteiger partial charge in [-0.3, -0.25) is 0 Å². The van der Waals surface area contributed by atoms with Crippen molar-refractivity contribution in [3.63, 3.8) is 0 Å². The minimum atomic E-state index is 0.220. The molecule has 2 aromatic carbocycles. The minimum Gasteiger partial charge on any atom is -0.330 e. The van der Waals surface area contributed by atoms with Crippen LogP contribution in [0.2, 0.25) is 10.0 Å². The van der Waals surface area contributed by atoms with Crippen molar-refractivity contribution in [1.82, 2.24) is 0 Å². The van der Waals surface area contributed by atoms with Gasteiger partial charge in [0.05, 0.1) is 0 Å². The molecule has 2 N–H and O–H groups in total. The molecule has 19 heavy (non-hydrogen) atoms. The molecule has 0 aliphatic heterocycles. The highest BCUT2D eigenvalue weighted by atomic mass is 79.9. The molecule has 0 spiro atoms. The first-order valence-electron chi connectivity index (χ1n) is 5.99. The lowest BCUT2D eigenvalue weighted by atomic mass is 9.92. The van der Waals surface area contributed by atoms with E-state index < -0.39 is 0 Å². The van der Waals surface area contributed by atoms with Crippen LogP contribution in [0.25, 0.3) is 0 Å². The molecule has 0 radical (unpaired) electrons. The highest BCUT2D eigenvalue weighted by Gasteiger charge is 2.13. The first-order valence-corrected chi connectivity index (χ1v) is 7.54. The van der Waals surface area contributed by atoms with Gasteiger partial charge in [0.2, 0.25) is 0 Å². The Morgan fingerprint density at radius 3 is 2.53 bits per heavy atom. The number of hydrogen-bond acceptors (Lipinski definition) is 1. The van der Waals surface area contributed by atoms with Gasteiger partial charge in [0.1, 0.15) is 0 Å². The molecule has 0 heterocycles. The molecular formula is C15H14BrCl2N. The number of halogens is 3. The van der Waals surface area contributed by atoms with E-state index in [0.29, 0.717) is 6.54 Å². The fourth-order valence-electron chi connectivity index (χ4n) is 2.05. The first kappa shape index (κ1) is 14.9. The van der Waals surface area contributed by atoms with E-state index in [9.17, 15) is 0 Å². The number of rotatable bonds is 4. The van der Waals surface area contributed by atoms with Crippen LogP contribution < -0.4 is 5.73 Å². The van der Waals surface area contributed by atoms with Crippen molar-refractivity contribution in [3.8, 4) is 0 Å². The predicted molar refractivity (Wildman–Crippen MR) is 86.1 cm³/mol. The Morgan fingerprint density at radius 2 is 1.89 bits per heavy atom. The van der Waals surface area contributed by atoms with Crippen molar-refractivity contribution in [2.75, 3.05) is 6.54 Å². The van der Waals surface area contributed by atoms with Gasteiger partial charge in [-0.25, -0.2) is 0 Å². The Hall–Kier alpha value is -0.540. The average molecular weight is 359 g/mol. The molecule has 0 saturated heterocycles. The van der Waals surface area contributed by atoms with Crippen LogP contribution in [0.3, 0.4) is 0 Å². The molecule has 0 fully saturated rings. The second-order valence-electron chi connectivity index (χ2n) is 4.43. The van der Waals surface area contributed by atoms with E-state index in [1.165, 1.54) is 0 Å². The van der Waals surface area contributed by atoms with Crippen molar-refractivity contribution >= 4 is 39.1 Å². The maximum absolute atomic E-state index is 6.25. The van der Waals surface area contributed by atoms with Crippen LogP contribution in [0.15, 0.2) is 46.9 Å². The fraction of sp³-hybridized carbons (Fsp3) is 0.200. The third-order valence-corrected chi connectivity index (χ3v) is 4.17. The van der Waals surface area contributed by atoms with Gasteiger partial charge < -0.3 is 5.73 Å². The standard InChI is InChI=1S/C15H14BrCl2N/c16-13-5-4-11(15(18)8-13)6-12(9-19)10-2-1-3-14(17)7-10/h1-5,7-8,12H,6,9,19H2. The van der Waals surface area contributed by atoms with Crippen LogP contribution in [0, 0.1) is 0 Å². The van der Waals surface area contributed by atoms with Gasteiger partial charge in [0.25, 0.3) is 0 Å². The van der Waals surface area contributed by atoms with Crippen molar-refractivity contribution in [1.29, 1.82) is 0 Å². The van der Waals surface area contributed by atoms with E-state index in [1.54, 1.807) is 0 Å². The summed E-state index contributed by atoms with van der Waals surface area (Å²) in [6.45, 7) is 0.562. The van der Waals surface area contributed by atoms with Crippen molar-refractivity contribution in [3.05, 3.63) is 68.1 Å². The van der Waals surface area contributed by atoms with Crippen LogP contribution in [0.1, 0.15) is 17.0 Å². The normalized spacial score (nSPS) is 12.4. The van der Waals surface area contributed by atoms with E-state index >= 15 is 0 Å². The molecule has 2 rings (SSSR count). The Bertz CT molecular complexity index is 572. The fourth-order valence-corrected chi connectivity index (χ4v) is 3.00. The van der Waals surface area contributed by atoms with Gasteiger partial charge in [0, 0.05) is 20.4 Å². The van der Waals surface area contributed by atoms with Gasteiger partial charge in [-0.05, 0) is 48.4 Å². The second-order valence-corrected chi connectivity index (χ2v) is 6.19. The summed E-state index contributed by atoms with van der Waals surface area (Å²) in [6, 6.07) is 13.8. The molecule has 1 nitrogen and oxygen atoms in total. The SMILES string of the molecule is NCC(Cc1ccc(Br)cc1Cl)c1cccc(Cl)c1. The van der Waals surface area contributed by atoms with Crippen molar-refractivity contribution in [2.45, 2.75) is 12.3 Å². The smallest absolute Gasteiger partial charge is 0.0449 e. The van der Waals surface area contributed by atoms with Crippen LogP contribution in [0.4, 0.5) is 0 Å². The Kier molecular flexibility index (Phi) is 5.28. The van der Waals surface area contributed by atoms with Crippen LogP contribution >= 0.6 is 39.1 Å². The molecule has 1 unspecified atom stereocenters. The third-order valence-electron chi connectivity index (χ3n) is 3.09. The molecule has 0 aromatic heterocycles. The molecule has 0 aliphatic rings. The summed E-state index contributed by atoms with van der Waals surface area (Å²) >= 11 is 15.7. The lowest BCUT2D eigenvalue weighted by Crippen LogP contribution is -2.15. The molecule has 0 saturated carbocycles. The largest absolute Gasteiger partial charge is 0.330 e. The molecule has 2 aromatic rings. The summed E-state index contributed by atoms with van der Waals surface area (Å²) in [4.78, 5) is 0. The Balaban J connectivity index is 2.24. The lowest BCUT2D eigenvalue weighted by molar-refractivity contribution is 0.694. The van der Waals surface area contributed by atoms with Crippen molar-refractivity contribution < 1.29 is 0 Å². The van der Waals surface area contributed by atoms with Gasteiger partial charge in [-0.15, -0.1) is 0 Å². The number of benzene rings is 2. The maximum Gasteiger partial charge on any atom is 0.0449 e. The lowest BCUT2D eigenvalue weighted by Gasteiger charge is -2.16. The second kappa shape index (κ2) is 6.76. The third kappa shape index (κ3) is 3.96. The molecular weight excluding hydrogens is 345 g/mol. The molecule has 1 atom stereocenters. The number of nitrogens with two attached hydrogens (primary N) is 1. The minimum absolute atomic E-state index is 0.220. The zero-order valence-corrected chi connectivity index (χ0v) is 13.3. The van der Waals surface area contributed by atoms with E-state index in [2.05, 4.69) is 22.0 Å². The van der Waals surface area contributed by atoms with E-state index in [0.717, 1.165) is 32.1 Å². The zero-order valence-electron chi connectivity index (χ0n) is 10.2. The van der Waals surface area contributed by atoms with E-state index in [4.69, 9.17) is 28.9 Å². The van der Waals surface area contributed by atoms with Gasteiger partial charge in [-0.1, -0.05) is 57.3 Å². The first-order chi connectivity index (χ1) is 9.10. The molecule has 0 bridgehead atoms. The van der Waals surface area contributed by atoms with Gasteiger partial charge in [-0.2, -0.15) is 0 Å². The molecule has 0 aliphatic carbocycles. The van der Waals surface area contributed by atoms with E-state index in [1.807, 2.05) is 36.4 Å². The zero-order chi connectivity index (χ0) is 13.8. The molecule has 4 heteroatoms. The summed E-state index contributed by atoms with van der Waals surface area (Å²) in [5, 5.41) is 1.49. The van der Waals surface area contributed by atoms with Crippen LogP contribution in [-0.4, -0.2) is 6.54 Å². The van der Waals surface area contributed by atoms with Crippen molar-refractivity contribution in [2.24, 2.45) is 5.73 Å². The van der Waals surface area contributed by atoms with Gasteiger partial charge >= 0.3 is 0 Å². The predicted octanol–water partition coefficient (Wildman–Crippen LogP) is 5.04. The molecule has 100 valence electrons. The monoisotopic (exact) mass is 357 g/mol. The maximum atomic E-state index is 6.25. The highest BCUT2D eigenvalue weighted by molar-refractivity contribution is 9.10. The van der Waals surface area contributed by atoms with E-state index in [-0.39, 0.29) is 5.92 Å². The topological polar surface area (TPSA) is 26.0 Å². The summed E-state index contributed by atoms with van der Waals surface area (Å²) < 4.78 is 0.980. The summed E-state index contributed by atoms with van der Waals surface area (Å²) in [5.41, 5.74) is 8.13. The summed E-state index contributed by atoms with van der Waals surface area (Å²) in [6.07, 6.45) is 0.808. The van der Waals surface area contributed by atoms with Gasteiger partial charge in [0.15, 0.2) is 0 Å². The van der Waals surface area contributed by atoms with Crippen LogP contribution in [0.5, 0.6) is 0 Å². The van der Waals surface area contributed by atoms with Crippen LogP contribution in [-0.2, 0) is 6.42 Å². The summed E-state index contributed by atoms with van der Waals surface area (Å²) in [7, 11) is 0. The average Bonchev–Trinajstić information content (AvgIpc) is 2.38. The Labute approximate surface area is 131 Å². The molecule has 0 amide bonds.